The maximum Gasteiger partial charge on any atom is 0.144 e. The van der Waals surface area contributed by atoms with E-state index < -0.39 is 0 Å². The minimum absolute atomic E-state index is 0.200. The summed E-state index contributed by atoms with van der Waals surface area (Å²) < 4.78 is 10.8. The Hall–Kier alpha value is -10.6. The van der Waals surface area contributed by atoms with Crippen LogP contribution in [-0.4, -0.2) is 0 Å². The van der Waals surface area contributed by atoms with Crippen molar-refractivity contribution >= 4 is 11.6 Å². The number of benzene rings is 1. The van der Waals surface area contributed by atoms with Crippen LogP contribution in [0.15, 0.2) is 18.2 Å². The zero-order chi connectivity index (χ0) is 38.7. The minimum Gasteiger partial charge on any atom is -0.407 e. The molecule has 0 atom stereocenters. The maximum absolute atomic E-state index is 5.97. The largest absolute Gasteiger partial charge is 0.407 e. The highest BCUT2D eigenvalue weighted by atomic mass is 35.5. The molecule has 1 aromatic carbocycles. The molecule has 1 rings (SSSR count). The summed E-state index contributed by atoms with van der Waals surface area (Å²) in [6.45, 7) is 0. The second-order valence-electron chi connectivity index (χ2n) is 7.39. The van der Waals surface area contributed by atoms with Gasteiger partial charge in [-0.05, 0) is 112 Å². The van der Waals surface area contributed by atoms with Crippen molar-refractivity contribution in [3.63, 3.8) is 0 Å². The average Bonchev–Trinajstić information content (AvgIpc) is 3.19. The lowest BCUT2D eigenvalue weighted by molar-refractivity contribution is 0.495. The third-order valence-electron chi connectivity index (χ3n) is 3.93. The van der Waals surface area contributed by atoms with Crippen LogP contribution in [0, 0.1) is 262 Å². The summed E-state index contributed by atoms with van der Waals surface area (Å²) in [5.41, 5.74) is 0.710. The van der Waals surface area contributed by atoms with E-state index in [4.69, 9.17) is 33.9 Å². The first-order valence-corrected chi connectivity index (χ1v) is 14.3. The third kappa shape index (κ3) is 27.7. The van der Waals surface area contributed by atoms with E-state index in [-0.39, 0.29) is 5.88 Å². The van der Waals surface area contributed by atoms with E-state index in [1.165, 1.54) is 0 Å². The Kier molecular flexibility index (Phi) is 25.9. The molecular weight excluding hydrogens is 680 g/mol. The highest BCUT2D eigenvalue weighted by Gasteiger charge is 2.02. The first kappa shape index (κ1) is 41.5. The Morgan fingerprint density at radius 3 is 0.722 bits per heavy atom. The van der Waals surface area contributed by atoms with Gasteiger partial charge in [0.2, 0.25) is 0 Å². The second-order valence-corrected chi connectivity index (χ2v) is 7.66. The quantitative estimate of drug-likeness (QED) is 0.360. The fraction of sp³-hybridized carbons (Fsp3) is 0.0196. The predicted molar refractivity (Wildman–Crippen MR) is 210 cm³/mol. The Balaban J connectivity index is 2.61. The topological polar surface area (TPSA) is 18.5 Å². The molecule has 0 fully saturated rings. The van der Waals surface area contributed by atoms with Gasteiger partial charge in [-0.15, -0.1) is 24.4 Å². The van der Waals surface area contributed by atoms with E-state index in [2.05, 4.69) is 249 Å². The second kappa shape index (κ2) is 33.8. The Morgan fingerprint density at radius 2 is 0.519 bits per heavy atom. The molecular formula is C51H7ClO2. The fourth-order valence-corrected chi connectivity index (χ4v) is 2.33. The summed E-state index contributed by atoms with van der Waals surface area (Å²) >= 11 is 5.97. The Morgan fingerprint density at radius 1 is 0.315 bits per heavy atom. The molecule has 0 aromatic heterocycles. The van der Waals surface area contributed by atoms with Crippen molar-refractivity contribution in [2.75, 3.05) is 0 Å². The van der Waals surface area contributed by atoms with Crippen LogP contribution in [0.1, 0.15) is 5.56 Å². The van der Waals surface area contributed by atoms with Crippen molar-refractivity contribution in [3.05, 3.63) is 23.8 Å². The van der Waals surface area contributed by atoms with Crippen LogP contribution in [-0.2, 0) is 5.88 Å². The van der Waals surface area contributed by atoms with Crippen LogP contribution in [0.3, 0.4) is 0 Å². The molecule has 3 heteroatoms. The minimum atomic E-state index is 0.200. The zero-order valence-corrected chi connectivity index (χ0v) is 28.0. The predicted octanol–water partition coefficient (Wildman–Crippen LogP) is 2.43. The highest BCUT2D eigenvalue weighted by Crippen LogP contribution is 2.23. The molecule has 0 amide bonds. The molecule has 1 aromatic rings. The smallest absolute Gasteiger partial charge is 0.144 e. The van der Waals surface area contributed by atoms with E-state index in [0.29, 0.717) is 17.1 Å². The number of halogens is 1. The van der Waals surface area contributed by atoms with Crippen LogP contribution in [0.5, 0.6) is 11.5 Å². The summed E-state index contributed by atoms with van der Waals surface area (Å²) in [4.78, 5) is 0. The van der Waals surface area contributed by atoms with Crippen molar-refractivity contribution in [2.24, 2.45) is 0 Å². The van der Waals surface area contributed by atoms with E-state index in [9.17, 15) is 0 Å². The van der Waals surface area contributed by atoms with Crippen molar-refractivity contribution < 1.29 is 9.47 Å². The molecule has 0 saturated heterocycles. The van der Waals surface area contributed by atoms with E-state index >= 15 is 0 Å². The number of terminal acetylenes is 2. The van der Waals surface area contributed by atoms with Gasteiger partial charge in [0.25, 0.3) is 0 Å². The zero-order valence-electron chi connectivity index (χ0n) is 27.3. The summed E-state index contributed by atoms with van der Waals surface area (Å²) in [5, 5.41) is 0. The highest BCUT2D eigenvalue weighted by molar-refractivity contribution is 6.17. The van der Waals surface area contributed by atoms with Gasteiger partial charge in [-0.2, -0.15) is 0 Å². The summed E-state index contributed by atoms with van der Waals surface area (Å²) in [6, 6.07) is 4.94. The first-order chi connectivity index (χ1) is 26.8. The lowest BCUT2D eigenvalue weighted by Crippen LogP contribution is -1.89. The first-order valence-electron chi connectivity index (χ1n) is 13.7. The van der Waals surface area contributed by atoms with Crippen LogP contribution >= 0.6 is 11.6 Å². The van der Waals surface area contributed by atoms with Gasteiger partial charge in [0, 0.05) is 154 Å². The van der Waals surface area contributed by atoms with Gasteiger partial charge in [0.1, 0.15) is 23.7 Å². The Labute approximate surface area is 322 Å². The van der Waals surface area contributed by atoms with Crippen molar-refractivity contribution in [2.45, 2.75) is 5.88 Å². The lowest BCUT2D eigenvalue weighted by atomic mass is 10.2. The molecule has 0 radical (unpaired) electrons. The number of hydrogen-bond acceptors (Lipinski definition) is 2. The Bertz CT molecular complexity index is 2900. The molecule has 0 unspecified atom stereocenters. The van der Waals surface area contributed by atoms with Gasteiger partial charge in [-0.25, -0.2) is 0 Å². The average molecular weight is 687 g/mol. The number of ether oxygens (including phenoxy) is 2. The molecule has 0 heterocycles. The molecule has 2 nitrogen and oxygen atoms in total. The molecule has 0 aliphatic carbocycles. The van der Waals surface area contributed by atoms with Gasteiger partial charge >= 0.3 is 0 Å². The van der Waals surface area contributed by atoms with E-state index in [1.807, 2.05) is 0 Å². The normalized spacial score (nSPS) is 5.17. The van der Waals surface area contributed by atoms with Crippen LogP contribution in [0.4, 0.5) is 0 Å². The molecule has 0 spiro atoms. The summed E-state index contributed by atoms with van der Waals surface area (Å²) in [6.07, 6.45) is 14.8. The van der Waals surface area contributed by atoms with Crippen molar-refractivity contribution in [3.8, 4) is 273 Å². The third-order valence-corrected chi connectivity index (χ3v) is 4.24. The monoisotopic (exact) mass is 686 g/mol. The molecule has 0 saturated carbocycles. The van der Waals surface area contributed by atoms with Gasteiger partial charge in [0.05, 0.1) is 0 Å². The molecule has 0 bridgehead atoms. The van der Waals surface area contributed by atoms with Crippen LogP contribution < -0.4 is 9.47 Å². The number of rotatable bonds is 3. The van der Waals surface area contributed by atoms with Crippen LogP contribution in [0.25, 0.3) is 0 Å². The van der Waals surface area contributed by atoms with Crippen molar-refractivity contribution in [1.82, 2.24) is 0 Å². The molecule has 230 valence electrons. The number of alkyl halides is 1. The van der Waals surface area contributed by atoms with Crippen molar-refractivity contribution in [1.29, 1.82) is 0 Å². The molecule has 0 aliphatic heterocycles. The standard InChI is InChI=1S/C51H7ClO2/c1-3-5-7-9-11-13-15-17-19-21-23-25-27-29-31-33-35-37-39-41-43-53-50-45-49(48-52)46-51(47-50)54-44-42-40-38-36-34-32-30-28-26-24-22-20-18-16-14-12-10-8-6-4-2/h1-2,45-47H,48H2. The van der Waals surface area contributed by atoms with Gasteiger partial charge in [-0.1, -0.05) is 0 Å². The molecule has 0 N–H and O–H groups in total. The SMILES string of the molecule is C#CC#CC#CC#CC#CC#CC#CC#CC#CC#CC#COc1cc(CCl)cc(OC#CC#CC#CC#CC#CC#CC#CC#CC#CC#CC#C)c1. The van der Waals surface area contributed by atoms with E-state index in [1.54, 1.807) is 18.2 Å². The number of hydrogen-bond donors (Lipinski definition) is 0. The molecule has 54 heavy (non-hydrogen) atoms. The van der Waals surface area contributed by atoms with Gasteiger partial charge in [-0.3, -0.25) is 0 Å². The maximum atomic E-state index is 5.97. The molecule has 0 aliphatic rings. The van der Waals surface area contributed by atoms with E-state index in [0.717, 1.165) is 0 Å². The summed E-state index contributed by atoms with van der Waals surface area (Å²) in [5.74, 6) is 99.4. The summed E-state index contributed by atoms with van der Waals surface area (Å²) in [7, 11) is 0. The van der Waals surface area contributed by atoms with Gasteiger partial charge in [0.15, 0.2) is 0 Å². The fourth-order valence-electron chi connectivity index (χ4n) is 2.18. The van der Waals surface area contributed by atoms with Crippen LogP contribution in [0.2, 0.25) is 0 Å². The van der Waals surface area contributed by atoms with Gasteiger partial charge < -0.3 is 9.47 Å². The lowest BCUT2D eigenvalue weighted by Gasteiger charge is -2.03.